The van der Waals surface area contributed by atoms with Crippen molar-refractivity contribution in [2.24, 2.45) is 5.92 Å². The summed E-state index contributed by atoms with van der Waals surface area (Å²) in [6.45, 7) is 4.15. The molecule has 0 unspecified atom stereocenters. The molecule has 1 aliphatic carbocycles. The van der Waals surface area contributed by atoms with Crippen molar-refractivity contribution in [1.82, 2.24) is 20.1 Å². The fourth-order valence-electron chi connectivity index (χ4n) is 4.15. The predicted octanol–water partition coefficient (Wildman–Crippen LogP) is 5.16. The Bertz CT molecular complexity index is 1040. The summed E-state index contributed by atoms with van der Waals surface area (Å²) >= 11 is 1.37. The third-order valence-corrected chi connectivity index (χ3v) is 6.98. The van der Waals surface area contributed by atoms with Gasteiger partial charge in [-0.15, -0.1) is 10.2 Å². The summed E-state index contributed by atoms with van der Waals surface area (Å²) in [5.41, 5.74) is 4.36. The van der Waals surface area contributed by atoms with E-state index in [4.69, 9.17) is 0 Å². The molecule has 1 saturated carbocycles. The number of hydrogen-bond donors (Lipinski definition) is 1. The van der Waals surface area contributed by atoms with Gasteiger partial charge in [-0.3, -0.25) is 9.36 Å². The molecule has 1 atom stereocenters. The van der Waals surface area contributed by atoms with Gasteiger partial charge in [-0.1, -0.05) is 42.8 Å². The van der Waals surface area contributed by atoms with Gasteiger partial charge in [0.05, 0.1) is 11.8 Å². The highest BCUT2D eigenvalue weighted by Crippen LogP contribution is 2.36. The molecule has 1 fully saturated rings. The van der Waals surface area contributed by atoms with E-state index in [0.29, 0.717) is 11.1 Å². The molecule has 0 radical (unpaired) electrons. The first-order chi connectivity index (χ1) is 15.0. The lowest BCUT2D eigenvalue weighted by Crippen LogP contribution is -2.34. The molecule has 0 bridgehead atoms. The largest absolute Gasteiger partial charge is 0.348 e. The van der Waals surface area contributed by atoms with Crippen molar-refractivity contribution < 1.29 is 9.18 Å². The molecule has 1 heterocycles. The number of halogens is 1. The Hall–Kier alpha value is -2.67. The van der Waals surface area contributed by atoms with Gasteiger partial charge < -0.3 is 5.32 Å². The molecule has 4 rings (SSSR count). The number of rotatable bonds is 7. The standard InChI is InChI=1S/C24H27FN4OS/c1-16-7-12-21(13-17(16)2)29-15-26-28-24(29)31-14-22(30)27-23(18-5-3-4-6-18)19-8-10-20(25)11-9-19/h7-13,15,18,23H,3-6,14H2,1-2H3,(H,27,30)/t23-/m1/s1. The number of amides is 1. The molecule has 162 valence electrons. The van der Waals surface area contributed by atoms with Crippen LogP contribution in [-0.4, -0.2) is 26.4 Å². The number of nitrogens with one attached hydrogen (secondary N) is 1. The van der Waals surface area contributed by atoms with Crippen LogP contribution in [0.4, 0.5) is 4.39 Å². The first kappa shape index (κ1) is 21.6. The predicted molar refractivity (Wildman–Crippen MR) is 121 cm³/mol. The van der Waals surface area contributed by atoms with Crippen LogP contribution in [0.1, 0.15) is 48.4 Å². The van der Waals surface area contributed by atoms with E-state index >= 15 is 0 Å². The molecular formula is C24H27FN4OS. The topological polar surface area (TPSA) is 59.8 Å². The summed E-state index contributed by atoms with van der Waals surface area (Å²) in [4.78, 5) is 12.8. The summed E-state index contributed by atoms with van der Waals surface area (Å²) in [6, 6.07) is 12.6. The average Bonchev–Trinajstić information content (AvgIpc) is 3.45. The Morgan fingerprint density at radius 2 is 1.90 bits per heavy atom. The summed E-state index contributed by atoms with van der Waals surface area (Å²) in [5, 5.41) is 12.1. The lowest BCUT2D eigenvalue weighted by molar-refractivity contribution is -0.119. The number of aromatic nitrogens is 3. The molecule has 0 saturated heterocycles. The fourth-order valence-corrected chi connectivity index (χ4v) is 4.89. The van der Waals surface area contributed by atoms with Crippen LogP contribution in [0.25, 0.3) is 5.69 Å². The molecular weight excluding hydrogens is 411 g/mol. The molecule has 31 heavy (non-hydrogen) atoms. The highest BCUT2D eigenvalue weighted by atomic mass is 32.2. The van der Waals surface area contributed by atoms with E-state index in [1.54, 1.807) is 18.5 Å². The van der Waals surface area contributed by atoms with Crippen LogP contribution in [-0.2, 0) is 4.79 Å². The zero-order chi connectivity index (χ0) is 21.8. The van der Waals surface area contributed by atoms with Crippen molar-refractivity contribution in [2.45, 2.75) is 50.7 Å². The summed E-state index contributed by atoms with van der Waals surface area (Å²) in [6.07, 6.45) is 6.18. The quantitative estimate of drug-likeness (QED) is 0.518. The van der Waals surface area contributed by atoms with Crippen LogP contribution in [0.5, 0.6) is 0 Å². The second-order valence-electron chi connectivity index (χ2n) is 8.18. The molecule has 1 N–H and O–H groups in total. The average molecular weight is 439 g/mol. The number of thioether (sulfide) groups is 1. The van der Waals surface area contributed by atoms with Crippen LogP contribution in [0, 0.1) is 25.6 Å². The van der Waals surface area contributed by atoms with Crippen LogP contribution in [0.2, 0.25) is 0 Å². The Kier molecular flexibility index (Phi) is 6.70. The number of hydrogen-bond acceptors (Lipinski definition) is 4. The molecule has 3 aromatic rings. The number of aryl methyl sites for hydroxylation is 2. The number of carbonyl (C=O) groups is 1. The zero-order valence-electron chi connectivity index (χ0n) is 17.8. The van der Waals surface area contributed by atoms with Crippen LogP contribution < -0.4 is 5.32 Å². The Morgan fingerprint density at radius 1 is 1.16 bits per heavy atom. The van der Waals surface area contributed by atoms with Gasteiger partial charge in [-0.05, 0) is 73.6 Å². The van der Waals surface area contributed by atoms with Crippen molar-refractivity contribution in [3.8, 4) is 5.69 Å². The summed E-state index contributed by atoms with van der Waals surface area (Å²) in [5.74, 6) is 0.314. The lowest BCUT2D eigenvalue weighted by atomic mass is 9.91. The number of benzene rings is 2. The molecule has 0 spiro atoms. The highest BCUT2D eigenvalue weighted by molar-refractivity contribution is 7.99. The van der Waals surface area contributed by atoms with E-state index in [-0.39, 0.29) is 23.5 Å². The Labute approximate surface area is 186 Å². The van der Waals surface area contributed by atoms with Crippen molar-refractivity contribution in [1.29, 1.82) is 0 Å². The van der Waals surface area contributed by atoms with Crippen molar-refractivity contribution >= 4 is 17.7 Å². The van der Waals surface area contributed by atoms with Crippen molar-refractivity contribution in [3.63, 3.8) is 0 Å². The second kappa shape index (κ2) is 9.64. The minimum atomic E-state index is -0.263. The van der Waals surface area contributed by atoms with E-state index < -0.39 is 0 Å². The third kappa shape index (κ3) is 5.15. The normalized spacial score (nSPS) is 15.2. The van der Waals surface area contributed by atoms with Crippen LogP contribution in [0.3, 0.4) is 0 Å². The van der Waals surface area contributed by atoms with Gasteiger partial charge in [0.25, 0.3) is 0 Å². The summed E-state index contributed by atoms with van der Waals surface area (Å²) < 4.78 is 15.3. The maximum absolute atomic E-state index is 13.4. The van der Waals surface area contributed by atoms with Gasteiger partial charge in [0, 0.05) is 5.69 Å². The van der Waals surface area contributed by atoms with Gasteiger partial charge in [0.2, 0.25) is 5.91 Å². The van der Waals surface area contributed by atoms with E-state index in [2.05, 4.69) is 41.5 Å². The van der Waals surface area contributed by atoms with E-state index in [1.165, 1.54) is 47.9 Å². The monoisotopic (exact) mass is 438 g/mol. The van der Waals surface area contributed by atoms with Crippen LogP contribution >= 0.6 is 11.8 Å². The molecule has 2 aromatic carbocycles. The molecule has 1 aliphatic rings. The Balaban J connectivity index is 1.44. The Morgan fingerprint density at radius 3 is 2.61 bits per heavy atom. The van der Waals surface area contributed by atoms with Gasteiger partial charge >= 0.3 is 0 Å². The number of carbonyl (C=O) groups excluding carboxylic acids is 1. The first-order valence-corrected chi connectivity index (χ1v) is 11.6. The SMILES string of the molecule is Cc1ccc(-n2cnnc2SCC(=O)N[C@@H](c2ccc(F)cc2)C2CCCC2)cc1C. The molecule has 5 nitrogen and oxygen atoms in total. The lowest BCUT2D eigenvalue weighted by Gasteiger charge is -2.25. The van der Waals surface area contributed by atoms with Gasteiger partial charge in [-0.25, -0.2) is 4.39 Å². The van der Waals surface area contributed by atoms with E-state index in [0.717, 1.165) is 24.1 Å². The van der Waals surface area contributed by atoms with Crippen LogP contribution in [0.15, 0.2) is 53.9 Å². The van der Waals surface area contributed by atoms with Crippen molar-refractivity contribution in [3.05, 3.63) is 71.3 Å². The third-order valence-electron chi connectivity index (χ3n) is 6.03. The second-order valence-corrected chi connectivity index (χ2v) is 9.12. The zero-order valence-corrected chi connectivity index (χ0v) is 18.7. The maximum Gasteiger partial charge on any atom is 0.230 e. The fraction of sp³-hybridized carbons (Fsp3) is 0.375. The summed E-state index contributed by atoms with van der Waals surface area (Å²) in [7, 11) is 0. The van der Waals surface area contributed by atoms with Gasteiger partial charge in [0.15, 0.2) is 5.16 Å². The minimum absolute atomic E-state index is 0.0548. The first-order valence-electron chi connectivity index (χ1n) is 10.7. The molecule has 7 heteroatoms. The highest BCUT2D eigenvalue weighted by Gasteiger charge is 2.28. The number of nitrogens with zero attached hydrogens (tertiary/aromatic N) is 3. The maximum atomic E-state index is 13.4. The minimum Gasteiger partial charge on any atom is -0.348 e. The van der Waals surface area contributed by atoms with E-state index in [1.807, 2.05) is 10.6 Å². The van der Waals surface area contributed by atoms with E-state index in [9.17, 15) is 9.18 Å². The van der Waals surface area contributed by atoms with Crippen molar-refractivity contribution in [2.75, 3.05) is 5.75 Å². The molecule has 0 aliphatic heterocycles. The smallest absolute Gasteiger partial charge is 0.230 e. The van der Waals surface area contributed by atoms with Gasteiger partial charge in [-0.2, -0.15) is 0 Å². The molecule has 1 amide bonds. The van der Waals surface area contributed by atoms with Gasteiger partial charge in [0.1, 0.15) is 12.1 Å². The molecule has 1 aromatic heterocycles.